The van der Waals surface area contributed by atoms with Crippen molar-refractivity contribution in [1.29, 1.82) is 0 Å². The first-order valence-electron chi connectivity index (χ1n) is 8.46. The zero-order chi connectivity index (χ0) is 19.2. The van der Waals surface area contributed by atoms with E-state index < -0.39 is 0 Å². The Morgan fingerprint density at radius 2 is 1.85 bits per heavy atom. The zero-order valence-electron chi connectivity index (χ0n) is 15.1. The second kappa shape index (κ2) is 8.51. The van der Waals surface area contributed by atoms with E-state index in [1.54, 1.807) is 18.2 Å². The molecule has 3 rings (SSSR count). The molecule has 0 saturated heterocycles. The minimum Gasteiger partial charge on any atom is -0.484 e. The third-order valence-electron chi connectivity index (χ3n) is 3.87. The standard InChI is InChI=1S/C21H20N2O3S/c1-14-5-3-6-17(11-14)26-13-20(24)23-18-12-16(9-8-15(18)2)22-21(25)19-7-4-10-27-19/h3-12H,13H2,1-2H3,(H,22,25)(H,23,24). The van der Waals surface area contributed by atoms with Crippen molar-refractivity contribution in [2.45, 2.75) is 13.8 Å². The first kappa shape index (κ1) is 18.7. The van der Waals surface area contributed by atoms with Crippen LogP contribution in [0.3, 0.4) is 0 Å². The third-order valence-corrected chi connectivity index (χ3v) is 4.74. The number of nitrogens with one attached hydrogen (secondary N) is 2. The van der Waals surface area contributed by atoms with E-state index in [1.165, 1.54) is 11.3 Å². The van der Waals surface area contributed by atoms with Crippen molar-refractivity contribution in [2.24, 2.45) is 0 Å². The fourth-order valence-electron chi connectivity index (χ4n) is 2.48. The van der Waals surface area contributed by atoms with Crippen molar-refractivity contribution in [3.05, 3.63) is 76.0 Å². The molecule has 3 aromatic rings. The van der Waals surface area contributed by atoms with Crippen LogP contribution in [0.4, 0.5) is 11.4 Å². The normalized spacial score (nSPS) is 10.3. The molecule has 2 amide bonds. The first-order chi connectivity index (χ1) is 13.0. The smallest absolute Gasteiger partial charge is 0.265 e. The van der Waals surface area contributed by atoms with Gasteiger partial charge in [0.2, 0.25) is 0 Å². The molecule has 6 heteroatoms. The average molecular weight is 380 g/mol. The van der Waals surface area contributed by atoms with Crippen molar-refractivity contribution in [3.63, 3.8) is 0 Å². The van der Waals surface area contributed by atoms with Crippen LogP contribution in [0.1, 0.15) is 20.8 Å². The molecule has 0 saturated carbocycles. The van der Waals surface area contributed by atoms with Gasteiger partial charge in [-0.05, 0) is 60.7 Å². The Balaban J connectivity index is 1.62. The number of ether oxygens (including phenoxy) is 1. The van der Waals surface area contributed by atoms with Crippen LogP contribution in [0.15, 0.2) is 60.0 Å². The van der Waals surface area contributed by atoms with Gasteiger partial charge >= 0.3 is 0 Å². The maximum Gasteiger partial charge on any atom is 0.265 e. The number of hydrogen-bond donors (Lipinski definition) is 2. The summed E-state index contributed by atoms with van der Waals surface area (Å²) in [5.74, 6) is 0.217. The van der Waals surface area contributed by atoms with E-state index in [9.17, 15) is 9.59 Å². The van der Waals surface area contributed by atoms with Gasteiger partial charge < -0.3 is 15.4 Å². The fourth-order valence-corrected chi connectivity index (χ4v) is 3.09. The van der Waals surface area contributed by atoms with E-state index in [0.717, 1.165) is 11.1 Å². The lowest BCUT2D eigenvalue weighted by Gasteiger charge is -2.12. The molecule has 0 aliphatic carbocycles. The fraction of sp³-hybridized carbons (Fsp3) is 0.143. The van der Waals surface area contributed by atoms with E-state index in [-0.39, 0.29) is 18.4 Å². The SMILES string of the molecule is Cc1cccc(OCC(=O)Nc2cc(NC(=O)c3cccs3)ccc2C)c1. The summed E-state index contributed by atoms with van der Waals surface area (Å²) < 4.78 is 5.52. The number of carbonyl (C=O) groups is 2. The monoisotopic (exact) mass is 380 g/mol. The molecule has 0 aliphatic heterocycles. The number of rotatable bonds is 6. The van der Waals surface area contributed by atoms with Gasteiger partial charge in [-0.3, -0.25) is 9.59 Å². The second-order valence-corrected chi connectivity index (χ2v) is 7.06. The maximum absolute atomic E-state index is 12.2. The van der Waals surface area contributed by atoms with Crippen LogP contribution in [0.25, 0.3) is 0 Å². The molecule has 0 bridgehead atoms. The van der Waals surface area contributed by atoms with Crippen LogP contribution in [-0.2, 0) is 4.79 Å². The van der Waals surface area contributed by atoms with Gasteiger partial charge in [-0.1, -0.05) is 24.3 Å². The molecule has 27 heavy (non-hydrogen) atoms. The predicted octanol–water partition coefficient (Wildman–Crippen LogP) is 4.63. The summed E-state index contributed by atoms with van der Waals surface area (Å²) in [6, 6.07) is 16.5. The summed E-state index contributed by atoms with van der Waals surface area (Å²) in [6.45, 7) is 3.77. The lowest BCUT2D eigenvalue weighted by Crippen LogP contribution is -2.21. The molecule has 138 valence electrons. The molecule has 0 fully saturated rings. The van der Waals surface area contributed by atoms with E-state index in [0.29, 0.717) is 22.0 Å². The van der Waals surface area contributed by atoms with Crippen LogP contribution in [0.5, 0.6) is 5.75 Å². The number of benzene rings is 2. The first-order valence-corrected chi connectivity index (χ1v) is 9.34. The minimum atomic E-state index is -0.263. The Morgan fingerprint density at radius 1 is 1.00 bits per heavy atom. The highest BCUT2D eigenvalue weighted by Gasteiger charge is 2.10. The molecule has 0 radical (unpaired) electrons. The third kappa shape index (κ3) is 5.18. The van der Waals surface area contributed by atoms with Gasteiger partial charge in [-0.25, -0.2) is 0 Å². The second-order valence-electron chi connectivity index (χ2n) is 6.11. The van der Waals surface area contributed by atoms with Crippen molar-refractivity contribution in [2.75, 3.05) is 17.2 Å². The van der Waals surface area contributed by atoms with E-state index >= 15 is 0 Å². The zero-order valence-corrected chi connectivity index (χ0v) is 15.9. The molecular weight excluding hydrogens is 360 g/mol. The topological polar surface area (TPSA) is 67.4 Å². The number of anilines is 2. The van der Waals surface area contributed by atoms with E-state index in [4.69, 9.17) is 4.74 Å². The Kier molecular flexibility index (Phi) is 5.88. The average Bonchev–Trinajstić information content (AvgIpc) is 3.18. The summed E-state index contributed by atoms with van der Waals surface area (Å²) in [5, 5.41) is 7.52. The number of carbonyl (C=O) groups excluding carboxylic acids is 2. The molecule has 1 aromatic heterocycles. The molecule has 2 N–H and O–H groups in total. The molecule has 0 spiro atoms. The van der Waals surface area contributed by atoms with Gasteiger partial charge in [0.15, 0.2) is 6.61 Å². The Bertz CT molecular complexity index is 952. The van der Waals surface area contributed by atoms with Crippen LogP contribution < -0.4 is 15.4 Å². The van der Waals surface area contributed by atoms with E-state index in [1.807, 2.05) is 55.6 Å². The highest BCUT2D eigenvalue weighted by atomic mass is 32.1. The summed E-state index contributed by atoms with van der Waals surface area (Å²) in [7, 11) is 0. The molecule has 0 atom stereocenters. The quantitative estimate of drug-likeness (QED) is 0.655. The van der Waals surface area contributed by atoms with Crippen molar-refractivity contribution >= 4 is 34.5 Å². The van der Waals surface area contributed by atoms with Gasteiger partial charge in [-0.15, -0.1) is 11.3 Å². The highest BCUT2D eigenvalue weighted by Crippen LogP contribution is 2.22. The Morgan fingerprint density at radius 3 is 2.59 bits per heavy atom. The predicted molar refractivity (Wildman–Crippen MR) is 109 cm³/mol. The summed E-state index contributed by atoms with van der Waals surface area (Å²) in [5.41, 5.74) is 3.22. The summed E-state index contributed by atoms with van der Waals surface area (Å²) in [6.07, 6.45) is 0. The van der Waals surface area contributed by atoms with Crippen LogP contribution in [-0.4, -0.2) is 18.4 Å². The van der Waals surface area contributed by atoms with Gasteiger partial charge in [0, 0.05) is 11.4 Å². The molecular formula is C21H20N2O3S. The van der Waals surface area contributed by atoms with Gasteiger partial charge in [-0.2, -0.15) is 0 Å². The van der Waals surface area contributed by atoms with Gasteiger partial charge in [0.25, 0.3) is 11.8 Å². The molecule has 0 aliphatic rings. The van der Waals surface area contributed by atoms with Crippen LogP contribution in [0.2, 0.25) is 0 Å². The lowest BCUT2D eigenvalue weighted by atomic mass is 10.1. The van der Waals surface area contributed by atoms with E-state index in [2.05, 4.69) is 10.6 Å². The molecule has 1 heterocycles. The minimum absolute atomic E-state index is 0.0886. The highest BCUT2D eigenvalue weighted by molar-refractivity contribution is 7.12. The Hall–Kier alpha value is -3.12. The maximum atomic E-state index is 12.2. The van der Waals surface area contributed by atoms with Gasteiger partial charge in [0.1, 0.15) is 5.75 Å². The number of amides is 2. The molecule has 5 nitrogen and oxygen atoms in total. The number of aryl methyl sites for hydroxylation is 2. The summed E-state index contributed by atoms with van der Waals surface area (Å²) in [4.78, 5) is 25.0. The molecule has 2 aromatic carbocycles. The van der Waals surface area contributed by atoms with Gasteiger partial charge in [0.05, 0.1) is 4.88 Å². The molecule has 0 unspecified atom stereocenters. The largest absolute Gasteiger partial charge is 0.484 e. The lowest BCUT2D eigenvalue weighted by molar-refractivity contribution is -0.118. The van der Waals surface area contributed by atoms with Crippen LogP contribution in [0, 0.1) is 13.8 Å². The summed E-state index contributed by atoms with van der Waals surface area (Å²) >= 11 is 1.38. The Labute approximate surface area is 162 Å². The van der Waals surface area contributed by atoms with Crippen LogP contribution >= 0.6 is 11.3 Å². The number of thiophene rings is 1. The van der Waals surface area contributed by atoms with Crippen molar-refractivity contribution < 1.29 is 14.3 Å². The van der Waals surface area contributed by atoms with Crippen molar-refractivity contribution in [1.82, 2.24) is 0 Å². The number of hydrogen-bond acceptors (Lipinski definition) is 4. The van der Waals surface area contributed by atoms with Crippen molar-refractivity contribution in [3.8, 4) is 5.75 Å².